The molecule has 346 valence electrons. The Morgan fingerprint density at radius 1 is 0.441 bits per heavy atom. The topological polar surface area (TPSA) is 89.8 Å². The van der Waals surface area contributed by atoms with E-state index in [2.05, 4.69) is 55.6 Å². The molecular weight excluding hydrogens is 727 g/mol. The number of aliphatic hydroxyl groups is 3. The van der Waals surface area contributed by atoms with Crippen molar-refractivity contribution in [3.05, 3.63) is 48.6 Å². The van der Waals surface area contributed by atoms with Crippen LogP contribution in [0.1, 0.15) is 264 Å². The average Bonchev–Trinajstić information content (AvgIpc) is 3.23. The molecule has 0 aromatic rings. The molecule has 59 heavy (non-hydrogen) atoms. The zero-order chi connectivity index (χ0) is 43.0. The smallest absolute Gasteiger partial charge is 0.222 e. The van der Waals surface area contributed by atoms with Crippen LogP contribution >= 0.6 is 0 Å². The SMILES string of the molecule is CCCCCCCCCCC/C=C\C/C=C\CCCCCCCCCC(O)CC(=O)NC(CO)C(O)/C=C/CC/C=C/CCCCCCCCCCCCCCCCC. The largest absolute Gasteiger partial charge is 0.394 e. The van der Waals surface area contributed by atoms with Crippen LogP contribution in [0.4, 0.5) is 0 Å². The molecule has 0 saturated carbocycles. The summed E-state index contributed by atoms with van der Waals surface area (Å²) in [6.45, 7) is 4.22. The third kappa shape index (κ3) is 45.7. The number of amides is 1. The first-order valence-corrected chi connectivity index (χ1v) is 25.9. The molecule has 3 unspecified atom stereocenters. The number of allylic oxidation sites excluding steroid dienone is 7. The highest BCUT2D eigenvalue weighted by Crippen LogP contribution is 2.16. The third-order valence-electron chi connectivity index (χ3n) is 11.8. The van der Waals surface area contributed by atoms with Crippen LogP contribution in [0.25, 0.3) is 0 Å². The first-order valence-electron chi connectivity index (χ1n) is 25.9. The normalized spacial score (nSPS) is 13.8. The summed E-state index contributed by atoms with van der Waals surface area (Å²) in [5.41, 5.74) is 0. The summed E-state index contributed by atoms with van der Waals surface area (Å²) in [6, 6.07) is -0.766. The maximum absolute atomic E-state index is 12.5. The number of aliphatic hydroxyl groups excluding tert-OH is 3. The molecule has 1 amide bonds. The summed E-state index contributed by atoms with van der Waals surface area (Å²) < 4.78 is 0. The van der Waals surface area contributed by atoms with E-state index in [0.717, 1.165) is 38.5 Å². The van der Waals surface area contributed by atoms with Crippen molar-refractivity contribution in [1.82, 2.24) is 5.32 Å². The summed E-state index contributed by atoms with van der Waals surface area (Å²) >= 11 is 0. The minimum absolute atomic E-state index is 0.000294. The molecule has 0 radical (unpaired) electrons. The van der Waals surface area contributed by atoms with Crippen molar-refractivity contribution in [2.45, 2.75) is 283 Å². The van der Waals surface area contributed by atoms with Gasteiger partial charge in [-0.3, -0.25) is 4.79 Å². The van der Waals surface area contributed by atoms with Crippen molar-refractivity contribution < 1.29 is 20.1 Å². The van der Waals surface area contributed by atoms with Crippen LogP contribution in [0, 0.1) is 0 Å². The number of carbonyl (C=O) groups is 1. The van der Waals surface area contributed by atoms with E-state index in [1.807, 2.05) is 6.08 Å². The van der Waals surface area contributed by atoms with Gasteiger partial charge in [-0.05, 0) is 64.2 Å². The van der Waals surface area contributed by atoms with E-state index in [1.165, 1.54) is 199 Å². The zero-order valence-corrected chi connectivity index (χ0v) is 39.4. The molecule has 0 rings (SSSR count). The molecule has 0 heterocycles. The monoisotopic (exact) mass is 828 g/mol. The lowest BCUT2D eigenvalue weighted by Gasteiger charge is -2.21. The van der Waals surface area contributed by atoms with Crippen LogP contribution in [-0.2, 0) is 4.79 Å². The standard InChI is InChI=1S/C54H101NO4/c1-3-5-7-9-11-13-15-17-19-21-23-25-26-28-29-31-33-35-37-39-41-43-45-47-51(57)49-54(59)55-52(50-56)53(58)48-46-44-42-40-38-36-34-32-30-27-24-22-20-18-16-14-12-10-8-6-4-2/h23,25,28-29,38,40,46,48,51-53,56-58H,3-22,24,26-27,30-37,39,41-45,47,49-50H2,1-2H3,(H,55,59)/b25-23-,29-28-,40-38+,48-46+. The summed E-state index contributed by atoms with van der Waals surface area (Å²) in [5, 5.41) is 33.4. The number of carbonyl (C=O) groups excluding carboxylic acids is 1. The molecule has 0 aliphatic carbocycles. The van der Waals surface area contributed by atoms with E-state index < -0.39 is 18.2 Å². The Hall–Kier alpha value is -1.69. The zero-order valence-electron chi connectivity index (χ0n) is 39.4. The van der Waals surface area contributed by atoms with E-state index in [4.69, 9.17) is 0 Å². The summed E-state index contributed by atoms with van der Waals surface area (Å²) in [7, 11) is 0. The van der Waals surface area contributed by atoms with Gasteiger partial charge < -0.3 is 20.6 Å². The quantitative estimate of drug-likeness (QED) is 0.0363. The molecule has 0 aliphatic heterocycles. The summed E-state index contributed by atoms with van der Waals surface area (Å²) in [5.74, 6) is -0.329. The van der Waals surface area contributed by atoms with E-state index in [1.54, 1.807) is 6.08 Å². The van der Waals surface area contributed by atoms with Crippen LogP contribution in [-0.4, -0.2) is 46.1 Å². The van der Waals surface area contributed by atoms with Crippen molar-refractivity contribution >= 4 is 5.91 Å². The number of hydrogen-bond acceptors (Lipinski definition) is 4. The highest BCUT2D eigenvalue weighted by atomic mass is 16.3. The van der Waals surface area contributed by atoms with E-state index in [0.29, 0.717) is 6.42 Å². The number of nitrogens with one attached hydrogen (secondary N) is 1. The number of unbranched alkanes of at least 4 members (excludes halogenated alkanes) is 32. The van der Waals surface area contributed by atoms with Gasteiger partial charge in [0.05, 0.1) is 31.3 Å². The predicted octanol–water partition coefficient (Wildman–Crippen LogP) is 15.7. The summed E-state index contributed by atoms with van der Waals surface area (Å²) in [6.07, 6.45) is 64.2. The van der Waals surface area contributed by atoms with Crippen molar-refractivity contribution in [3.8, 4) is 0 Å². The van der Waals surface area contributed by atoms with Crippen molar-refractivity contribution in [3.63, 3.8) is 0 Å². The third-order valence-corrected chi connectivity index (χ3v) is 11.8. The Morgan fingerprint density at radius 3 is 1.19 bits per heavy atom. The van der Waals surface area contributed by atoms with Gasteiger partial charge in [-0.25, -0.2) is 0 Å². The van der Waals surface area contributed by atoms with Crippen molar-refractivity contribution in [2.75, 3.05) is 6.61 Å². The maximum Gasteiger partial charge on any atom is 0.222 e. The highest BCUT2D eigenvalue weighted by molar-refractivity contribution is 5.76. The van der Waals surface area contributed by atoms with Crippen LogP contribution in [0.2, 0.25) is 0 Å². The minimum Gasteiger partial charge on any atom is -0.394 e. The maximum atomic E-state index is 12.5. The summed E-state index contributed by atoms with van der Waals surface area (Å²) in [4.78, 5) is 12.5. The van der Waals surface area contributed by atoms with Gasteiger partial charge in [-0.15, -0.1) is 0 Å². The van der Waals surface area contributed by atoms with Crippen LogP contribution in [0.5, 0.6) is 0 Å². The first kappa shape index (κ1) is 57.3. The number of rotatable bonds is 47. The van der Waals surface area contributed by atoms with Gasteiger partial charge >= 0.3 is 0 Å². The van der Waals surface area contributed by atoms with E-state index in [-0.39, 0.29) is 18.9 Å². The second kappa shape index (κ2) is 49.0. The molecule has 5 heteroatoms. The molecular formula is C54H101NO4. The van der Waals surface area contributed by atoms with Gasteiger partial charge in [0.2, 0.25) is 5.91 Å². The molecule has 5 nitrogen and oxygen atoms in total. The molecule has 0 aliphatic rings. The first-order chi connectivity index (χ1) is 29.0. The lowest BCUT2D eigenvalue weighted by Crippen LogP contribution is -2.45. The Labute approximate surface area is 367 Å². The molecule has 0 spiro atoms. The second-order valence-corrected chi connectivity index (χ2v) is 17.8. The fraction of sp³-hybridized carbons (Fsp3) is 0.833. The molecule has 3 atom stereocenters. The predicted molar refractivity (Wildman–Crippen MR) is 259 cm³/mol. The van der Waals surface area contributed by atoms with Gasteiger partial charge in [-0.1, -0.05) is 242 Å². The van der Waals surface area contributed by atoms with Crippen molar-refractivity contribution in [1.29, 1.82) is 0 Å². The van der Waals surface area contributed by atoms with Crippen LogP contribution < -0.4 is 5.32 Å². The highest BCUT2D eigenvalue weighted by Gasteiger charge is 2.20. The van der Waals surface area contributed by atoms with Crippen LogP contribution in [0.15, 0.2) is 48.6 Å². The molecule has 0 saturated heterocycles. The number of hydrogen-bond donors (Lipinski definition) is 4. The van der Waals surface area contributed by atoms with Crippen molar-refractivity contribution in [2.24, 2.45) is 0 Å². The lowest BCUT2D eigenvalue weighted by atomic mass is 10.0. The fourth-order valence-electron chi connectivity index (χ4n) is 7.86. The molecule has 0 aromatic heterocycles. The average molecular weight is 828 g/mol. The van der Waals surface area contributed by atoms with E-state index in [9.17, 15) is 20.1 Å². The fourth-order valence-corrected chi connectivity index (χ4v) is 7.86. The van der Waals surface area contributed by atoms with E-state index >= 15 is 0 Å². The van der Waals surface area contributed by atoms with Gasteiger partial charge in [0.25, 0.3) is 0 Å². The minimum atomic E-state index is -0.956. The Kier molecular flexibility index (Phi) is 47.6. The second-order valence-electron chi connectivity index (χ2n) is 17.8. The lowest BCUT2D eigenvalue weighted by molar-refractivity contribution is -0.124. The van der Waals surface area contributed by atoms with Gasteiger partial charge in [0.1, 0.15) is 0 Å². The van der Waals surface area contributed by atoms with Gasteiger partial charge in [-0.2, -0.15) is 0 Å². The van der Waals surface area contributed by atoms with Crippen LogP contribution in [0.3, 0.4) is 0 Å². The Balaban J connectivity index is 3.67. The molecule has 4 N–H and O–H groups in total. The molecule has 0 fully saturated rings. The molecule has 0 bridgehead atoms. The Bertz CT molecular complexity index is 958. The Morgan fingerprint density at radius 2 is 0.780 bits per heavy atom. The van der Waals surface area contributed by atoms with Gasteiger partial charge in [0, 0.05) is 0 Å². The molecule has 0 aromatic carbocycles. The van der Waals surface area contributed by atoms with Gasteiger partial charge in [0.15, 0.2) is 0 Å².